The van der Waals surface area contributed by atoms with Crippen molar-refractivity contribution in [2.75, 3.05) is 7.11 Å². The van der Waals surface area contributed by atoms with E-state index >= 15 is 0 Å². The number of methoxy groups -OCH3 is 1. The van der Waals surface area contributed by atoms with E-state index in [-0.39, 0.29) is 11.8 Å². The lowest BCUT2D eigenvalue weighted by Crippen LogP contribution is -2.16. The number of Topliss-reactive ketones (excluding diaryl/α,β-unsaturated/α-hetero) is 1. The molecule has 0 amide bonds. The largest absolute Gasteiger partial charge is 0.496 e. The van der Waals surface area contributed by atoms with E-state index in [0.717, 1.165) is 0 Å². The molecule has 1 atom stereocenters. The van der Waals surface area contributed by atoms with E-state index in [2.05, 4.69) is 0 Å². The van der Waals surface area contributed by atoms with Crippen LogP contribution >= 0.6 is 0 Å². The molecule has 0 aliphatic carbocycles. The molecular formula is C12H17NO2. The fourth-order valence-electron chi connectivity index (χ4n) is 1.37. The molecule has 0 saturated carbocycles. The van der Waals surface area contributed by atoms with Gasteiger partial charge in [0.15, 0.2) is 5.78 Å². The van der Waals surface area contributed by atoms with Crippen LogP contribution in [-0.2, 0) is 0 Å². The van der Waals surface area contributed by atoms with Gasteiger partial charge in [-0.15, -0.1) is 0 Å². The number of ether oxygens (including phenoxy) is 1. The molecule has 3 heteroatoms. The minimum atomic E-state index is 0.0589. The monoisotopic (exact) mass is 207 g/mol. The molecule has 0 aliphatic heterocycles. The molecule has 0 fully saturated rings. The van der Waals surface area contributed by atoms with Crippen LogP contribution < -0.4 is 10.5 Å². The summed E-state index contributed by atoms with van der Waals surface area (Å²) in [6.45, 7) is 1.90. The third-order valence-corrected chi connectivity index (χ3v) is 2.23. The summed E-state index contributed by atoms with van der Waals surface area (Å²) in [5, 5.41) is 0. The SMILES string of the molecule is COc1ccccc1C(=O)CCC(C)N. The minimum absolute atomic E-state index is 0.0589. The van der Waals surface area contributed by atoms with Crippen LogP contribution in [0.3, 0.4) is 0 Å². The van der Waals surface area contributed by atoms with Crippen molar-refractivity contribution < 1.29 is 9.53 Å². The Morgan fingerprint density at radius 3 is 2.73 bits per heavy atom. The number of nitrogens with two attached hydrogens (primary N) is 1. The van der Waals surface area contributed by atoms with Crippen LogP contribution in [0.15, 0.2) is 24.3 Å². The standard InChI is InChI=1S/C12H17NO2/c1-9(13)7-8-11(14)10-5-3-4-6-12(10)15-2/h3-6,9H,7-8,13H2,1-2H3. The second kappa shape index (κ2) is 5.51. The maximum Gasteiger partial charge on any atom is 0.166 e. The van der Waals surface area contributed by atoms with Gasteiger partial charge in [0, 0.05) is 12.5 Å². The molecule has 0 radical (unpaired) electrons. The molecule has 3 nitrogen and oxygen atoms in total. The van der Waals surface area contributed by atoms with Gasteiger partial charge >= 0.3 is 0 Å². The van der Waals surface area contributed by atoms with E-state index in [0.29, 0.717) is 24.2 Å². The van der Waals surface area contributed by atoms with Gasteiger partial charge in [-0.3, -0.25) is 4.79 Å². The van der Waals surface area contributed by atoms with Crippen LogP contribution in [-0.4, -0.2) is 18.9 Å². The van der Waals surface area contributed by atoms with Crippen molar-refractivity contribution in [2.45, 2.75) is 25.8 Å². The van der Waals surface area contributed by atoms with E-state index in [4.69, 9.17) is 10.5 Å². The zero-order chi connectivity index (χ0) is 11.3. The highest BCUT2D eigenvalue weighted by Gasteiger charge is 2.11. The van der Waals surface area contributed by atoms with Gasteiger partial charge in [0.1, 0.15) is 5.75 Å². The smallest absolute Gasteiger partial charge is 0.166 e. The Morgan fingerprint density at radius 1 is 1.47 bits per heavy atom. The van der Waals surface area contributed by atoms with Crippen molar-refractivity contribution in [3.63, 3.8) is 0 Å². The van der Waals surface area contributed by atoms with E-state index < -0.39 is 0 Å². The summed E-state index contributed by atoms with van der Waals surface area (Å²) in [6, 6.07) is 7.31. The average Bonchev–Trinajstić information content (AvgIpc) is 2.25. The van der Waals surface area contributed by atoms with Crippen LogP contribution in [0.25, 0.3) is 0 Å². The number of benzene rings is 1. The molecule has 0 spiro atoms. The van der Waals surface area contributed by atoms with E-state index in [9.17, 15) is 4.79 Å². The third-order valence-electron chi connectivity index (χ3n) is 2.23. The fraction of sp³-hybridized carbons (Fsp3) is 0.417. The highest BCUT2D eigenvalue weighted by molar-refractivity contribution is 5.98. The van der Waals surface area contributed by atoms with Crippen LogP contribution in [0.5, 0.6) is 5.75 Å². The van der Waals surface area contributed by atoms with Crippen LogP contribution in [0.4, 0.5) is 0 Å². The first-order valence-electron chi connectivity index (χ1n) is 5.07. The first-order valence-corrected chi connectivity index (χ1v) is 5.07. The van der Waals surface area contributed by atoms with Gasteiger partial charge in [0.25, 0.3) is 0 Å². The lowest BCUT2D eigenvalue weighted by molar-refractivity contribution is 0.0975. The second-order valence-corrected chi connectivity index (χ2v) is 3.64. The fourth-order valence-corrected chi connectivity index (χ4v) is 1.37. The van der Waals surface area contributed by atoms with Gasteiger partial charge in [-0.05, 0) is 25.5 Å². The maximum atomic E-state index is 11.8. The zero-order valence-corrected chi connectivity index (χ0v) is 9.19. The van der Waals surface area contributed by atoms with Gasteiger partial charge in [-0.1, -0.05) is 12.1 Å². The van der Waals surface area contributed by atoms with Gasteiger partial charge in [-0.2, -0.15) is 0 Å². The number of ketones is 1. The number of rotatable bonds is 5. The van der Waals surface area contributed by atoms with E-state index in [1.807, 2.05) is 19.1 Å². The van der Waals surface area contributed by atoms with Gasteiger partial charge < -0.3 is 10.5 Å². The molecule has 1 unspecified atom stereocenters. The number of carbonyl (C=O) groups is 1. The minimum Gasteiger partial charge on any atom is -0.496 e. The first-order chi connectivity index (χ1) is 7.15. The Balaban J connectivity index is 2.72. The Labute approximate surface area is 90.2 Å². The van der Waals surface area contributed by atoms with Gasteiger partial charge in [-0.25, -0.2) is 0 Å². The molecule has 82 valence electrons. The molecule has 15 heavy (non-hydrogen) atoms. The van der Waals surface area contributed by atoms with Crippen LogP contribution in [0.1, 0.15) is 30.1 Å². The lowest BCUT2D eigenvalue weighted by atomic mass is 10.0. The Morgan fingerprint density at radius 2 is 2.13 bits per heavy atom. The van der Waals surface area contributed by atoms with Crippen LogP contribution in [0, 0.1) is 0 Å². The molecule has 0 saturated heterocycles. The normalized spacial score (nSPS) is 12.2. The Kier molecular flexibility index (Phi) is 4.31. The molecule has 1 rings (SSSR count). The molecule has 1 aromatic carbocycles. The highest BCUT2D eigenvalue weighted by Crippen LogP contribution is 2.19. The average molecular weight is 207 g/mol. The highest BCUT2D eigenvalue weighted by atomic mass is 16.5. The number of hydrogen-bond donors (Lipinski definition) is 1. The molecule has 0 aromatic heterocycles. The molecular weight excluding hydrogens is 190 g/mol. The predicted molar refractivity (Wildman–Crippen MR) is 60.2 cm³/mol. The predicted octanol–water partition coefficient (Wildman–Crippen LogP) is 2.01. The summed E-state index contributed by atoms with van der Waals surface area (Å²) in [6.07, 6.45) is 1.18. The summed E-state index contributed by atoms with van der Waals surface area (Å²) in [7, 11) is 1.57. The molecule has 2 N–H and O–H groups in total. The van der Waals surface area contributed by atoms with Crippen molar-refractivity contribution in [1.29, 1.82) is 0 Å². The summed E-state index contributed by atoms with van der Waals surface area (Å²) in [5.74, 6) is 0.719. The van der Waals surface area contributed by atoms with Crippen molar-refractivity contribution >= 4 is 5.78 Å². The number of hydrogen-bond acceptors (Lipinski definition) is 3. The molecule has 0 heterocycles. The topological polar surface area (TPSA) is 52.3 Å². The third kappa shape index (κ3) is 3.36. The molecule has 0 aliphatic rings. The number of para-hydroxylation sites is 1. The zero-order valence-electron chi connectivity index (χ0n) is 9.19. The quantitative estimate of drug-likeness (QED) is 0.751. The maximum absolute atomic E-state index is 11.8. The van der Waals surface area contributed by atoms with Crippen molar-refractivity contribution in [1.82, 2.24) is 0 Å². The first kappa shape index (κ1) is 11.7. The van der Waals surface area contributed by atoms with E-state index in [1.54, 1.807) is 19.2 Å². The Bertz CT molecular complexity index is 334. The Hall–Kier alpha value is -1.35. The van der Waals surface area contributed by atoms with Gasteiger partial charge in [0.2, 0.25) is 0 Å². The van der Waals surface area contributed by atoms with Crippen molar-refractivity contribution in [3.8, 4) is 5.75 Å². The van der Waals surface area contributed by atoms with Crippen LogP contribution in [0.2, 0.25) is 0 Å². The molecule has 1 aromatic rings. The lowest BCUT2D eigenvalue weighted by Gasteiger charge is -2.08. The van der Waals surface area contributed by atoms with Crippen molar-refractivity contribution in [3.05, 3.63) is 29.8 Å². The number of carbonyl (C=O) groups excluding carboxylic acids is 1. The summed E-state index contributed by atoms with van der Waals surface area (Å²) in [4.78, 5) is 11.8. The van der Waals surface area contributed by atoms with Gasteiger partial charge in [0.05, 0.1) is 12.7 Å². The molecule has 0 bridgehead atoms. The second-order valence-electron chi connectivity index (χ2n) is 3.64. The summed E-state index contributed by atoms with van der Waals surface area (Å²) in [5.41, 5.74) is 6.25. The summed E-state index contributed by atoms with van der Waals surface area (Å²) >= 11 is 0. The van der Waals surface area contributed by atoms with E-state index in [1.165, 1.54) is 0 Å². The summed E-state index contributed by atoms with van der Waals surface area (Å²) < 4.78 is 5.12. The van der Waals surface area contributed by atoms with Crippen molar-refractivity contribution in [2.24, 2.45) is 5.73 Å².